The number of hydrogen-bond acceptors (Lipinski definition) is 4. The van der Waals surface area contributed by atoms with Crippen molar-refractivity contribution in [3.63, 3.8) is 0 Å². The topological polar surface area (TPSA) is 62.4 Å². The first kappa shape index (κ1) is 15.0. The summed E-state index contributed by atoms with van der Waals surface area (Å²) in [5.41, 5.74) is 9.92. The van der Waals surface area contributed by atoms with Crippen molar-refractivity contribution in [2.24, 2.45) is 0 Å². The molecule has 0 unspecified atom stereocenters. The maximum Gasteiger partial charge on any atom is 0.257 e. The Morgan fingerprint density at radius 1 is 1.13 bits per heavy atom. The number of rotatable bonds is 6. The first-order chi connectivity index (χ1) is 11.3. The molecule has 1 amide bonds. The van der Waals surface area contributed by atoms with Crippen LogP contribution in [0.25, 0.3) is 5.70 Å². The van der Waals surface area contributed by atoms with Gasteiger partial charge in [0.25, 0.3) is 5.91 Å². The van der Waals surface area contributed by atoms with Crippen molar-refractivity contribution in [3.05, 3.63) is 65.7 Å². The molecule has 5 heteroatoms. The lowest BCUT2D eigenvalue weighted by molar-refractivity contribution is -0.120. The quantitative estimate of drug-likeness (QED) is 0.717. The van der Waals surface area contributed by atoms with E-state index in [1.165, 1.54) is 5.56 Å². The summed E-state index contributed by atoms with van der Waals surface area (Å²) in [6, 6.07) is 15.6. The fraction of sp³-hybridized carbons (Fsp3) is 0.167. The van der Waals surface area contributed by atoms with E-state index >= 15 is 0 Å². The number of benzene rings is 2. The van der Waals surface area contributed by atoms with E-state index in [9.17, 15) is 4.79 Å². The molecule has 0 saturated carbocycles. The second-order valence-electron chi connectivity index (χ2n) is 5.23. The van der Waals surface area contributed by atoms with Gasteiger partial charge in [0, 0.05) is 11.3 Å². The van der Waals surface area contributed by atoms with E-state index in [2.05, 4.69) is 28.3 Å². The van der Waals surface area contributed by atoms with Gasteiger partial charge < -0.3 is 10.1 Å². The van der Waals surface area contributed by atoms with Crippen molar-refractivity contribution in [1.29, 1.82) is 0 Å². The molecule has 0 saturated heterocycles. The number of amides is 1. The lowest BCUT2D eigenvalue weighted by atomic mass is 10.1. The number of fused-ring (bicyclic) bond motifs is 1. The van der Waals surface area contributed by atoms with Gasteiger partial charge in [-0.05, 0) is 36.2 Å². The number of anilines is 1. The molecule has 0 bridgehead atoms. The van der Waals surface area contributed by atoms with Gasteiger partial charge in [-0.1, -0.05) is 30.3 Å². The Morgan fingerprint density at radius 2 is 1.91 bits per heavy atom. The van der Waals surface area contributed by atoms with Crippen LogP contribution in [0.2, 0.25) is 0 Å². The number of carbonyl (C=O) groups is 1. The molecule has 0 atom stereocenters. The molecular formula is C18H19N3O2. The van der Waals surface area contributed by atoms with Crippen LogP contribution >= 0.6 is 0 Å². The predicted octanol–water partition coefficient (Wildman–Crippen LogP) is 2.33. The molecule has 118 valence electrons. The van der Waals surface area contributed by atoms with Gasteiger partial charge in [-0.3, -0.25) is 15.6 Å². The lowest BCUT2D eigenvalue weighted by Gasteiger charge is -2.12. The highest BCUT2D eigenvalue weighted by Crippen LogP contribution is 2.24. The van der Waals surface area contributed by atoms with Crippen molar-refractivity contribution >= 4 is 17.3 Å². The third kappa shape index (κ3) is 3.63. The number of methoxy groups -OCH3 is 1. The number of hydrogen-bond donors (Lipinski definition) is 3. The van der Waals surface area contributed by atoms with Crippen LogP contribution in [-0.2, 0) is 11.2 Å². The van der Waals surface area contributed by atoms with Crippen molar-refractivity contribution in [3.8, 4) is 5.75 Å². The summed E-state index contributed by atoms with van der Waals surface area (Å²) >= 11 is 0. The SMILES string of the molecule is COc1ccc(NCC(=O)NNC2=CCc3ccccc32)cc1. The first-order valence-electron chi connectivity index (χ1n) is 7.47. The second kappa shape index (κ2) is 6.87. The predicted molar refractivity (Wildman–Crippen MR) is 90.9 cm³/mol. The van der Waals surface area contributed by atoms with Gasteiger partial charge in [-0.25, -0.2) is 0 Å². The van der Waals surface area contributed by atoms with Crippen LogP contribution in [0, 0.1) is 0 Å². The Labute approximate surface area is 135 Å². The van der Waals surface area contributed by atoms with Crippen molar-refractivity contribution < 1.29 is 9.53 Å². The monoisotopic (exact) mass is 309 g/mol. The average molecular weight is 309 g/mol. The molecule has 0 radical (unpaired) electrons. The zero-order chi connectivity index (χ0) is 16.1. The van der Waals surface area contributed by atoms with Crippen LogP contribution in [0.15, 0.2) is 54.6 Å². The highest BCUT2D eigenvalue weighted by molar-refractivity contribution is 5.82. The van der Waals surface area contributed by atoms with Gasteiger partial charge in [-0.15, -0.1) is 0 Å². The van der Waals surface area contributed by atoms with Crippen LogP contribution in [0.5, 0.6) is 5.75 Å². The summed E-state index contributed by atoms with van der Waals surface area (Å²) in [6.45, 7) is 0.189. The second-order valence-corrected chi connectivity index (χ2v) is 5.23. The molecular weight excluding hydrogens is 290 g/mol. The number of carbonyl (C=O) groups excluding carboxylic acids is 1. The normalized spacial score (nSPS) is 12.1. The Kier molecular flexibility index (Phi) is 4.47. The summed E-state index contributed by atoms with van der Waals surface area (Å²) < 4.78 is 5.10. The molecule has 1 aliphatic rings. The van der Waals surface area contributed by atoms with Crippen LogP contribution in [0.3, 0.4) is 0 Å². The molecule has 3 rings (SSSR count). The van der Waals surface area contributed by atoms with E-state index < -0.39 is 0 Å². The fourth-order valence-corrected chi connectivity index (χ4v) is 2.47. The number of allylic oxidation sites excluding steroid dienone is 1. The van der Waals surface area contributed by atoms with Crippen molar-refractivity contribution in [1.82, 2.24) is 10.9 Å². The van der Waals surface area contributed by atoms with E-state index in [0.717, 1.165) is 29.1 Å². The highest BCUT2D eigenvalue weighted by Gasteiger charge is 2.13. The minimum absolute atomic E-state index is 0.133. The summed E-state index contributed by atoms with van der Waals surface area (Å²) in [4.78, 5) is 11.9. The van der Waals surface area contributed by atoms with Crippen LogP contribution in [0.4, 0.5) is 5.69 Å². The van der Waals surface area contributed by atoms with E-state index in [-0.39, 0.29) is 12.5 Å². The standard InChI is InChI=1S/C18H19N3O2/c1-23-15-9-7-14(8-10-15)19-12-18(22)21-20-17-11-6-13-4-2-3-5-16(13)17/h2-5,7-11,19-20H,6,12H2,1H3,(H,21,22). The van der Waals surface area contributed by atoms with Crippen molar-refractivity contribution in [2.45, 2.75) is 6.42 Å². The summed E-state index contributed by atoms with van der Waals surface area (Å²) in [7, 11) is 1.62. The zero-order valence-corrected chi connectivity index (χ0v) is 12.9. The molecule has 1 aliphatic carbocycles. The molecule has 2 aromatic rings. The van der Waals surface area contributed by atoms with E-state index in [4.69, 9.17) is 4.74 Å². The molecule has 0 aliphatic heterocycles. The Balaban J connectivity index is 1.47. The van der Waals surface area contributed by atoms with Gasteiger partial charge >= 0.3 is 0 Å². The Morgan fingerprint density at radius 3 is 2.70 bits per heavy atom. The molecule has 5 nitrogen and oxygen atoms in total. The average Bonchev–Trinajstić information content (AvgIpc) is 3.02. The number of hydrazine groups is 1. The van der Waals surface area contributed by atoms with Crippen LogP contribution in [-0.4, -0.2) is 19.6 Å². The zero-order valence-electron chi connectivity index (χ0n) is 12.9. The Bertz CT molecular complexity index is 723. The van der Waals surface area contributed by atoms with Gasteiger partial charge in [0.15, 0.2) is 0 Å². The number of ether oxygens (including phenoxy) is 1. The molecule has 0 heterocycles. The Hall–Kier alpha value is -2.95. The summed E-state index contributed by atoms with van der Waals surface area (Å²) in [6.07, 6.45) is 2.96. The third-order valence-corrected chi connectivity index (χ3v) is 3.71. The minimum atomic E-state index is -0.133. The van der Waals surface area contributed by atoms with Gasteiger partial charge in [0.2, 0.25) is 0 Å². The fourth-order valence-electron chi connectivity index (χ4n) is 2.47. The van der Waals surface area contributed by atoms with Crippen LogP contribution in [0.1, 0.15) is 11.1 Å². The van der Waals surface area contributed by atoms with Crippen LogP contribution < -0.4 is 20.9 Å². The highest BCUT2D eigenvalue weighted by atomic mass is 16.5. The van der Waals surface area contributed by atoms with Crippen molar-refractivity contribution in [2.75, 3.05) is 19.0 Å². The molecule has 3 N–H and O–H groups in total. The van der Waals surface area contributed by atoms with E-state index in [1.807, 2.05) is 42.5 Å². The summed E-state index contributed by atoms with van der Waals surface area (Å²) in [5, 5.41) is 3.06. The first-order valence-corrected chi connectivity index (χ1v) is 7.47. The minimum Gasteiger partial charge on any atom is -0.497 e. The molecule has 23 heavy (non-hydrogen) atoms. The molecule has 0 aromatic heterocycles. The van der Waals surface area contributed by atoms with E-state index in [1.54, 1.807) is 7.11 Å². The smallest absolute Gasteiger partial charge is 0.257 e. The maximum absolute atomic E-state index is 11.9. The van der Waals surface area contributed by atoms with E-state index in [0.29, 0.717) is 0 Å². The maximum atomic E-state index is 11.9. The van der Waals surface area contributed by atoms with Gasteiger partial charge in [-0.2, -0.15) is 0 Å². The van der Waals surface area contributed by atoms with Gasteiger partial charge in [0.1, 0.15) is 5.75 Å². The van der Waals surface area contributed by atoms with Gasteiger partial charge in [0.05, 0.1) is 19.4 Å². The largest absolute Gasteiger partial charge is 0.497 e. The third-order valence-electron chi connectivity index (χ3n) is 3.71. The summed E-state index contributed by atoms with van der Waals surface area (Å²) in [5.74, 6) is 0.652. The molecule has 0 spiro atoms. The molecule has 2 aromatic carbocycles. The lowest BCUT2D eigenvalue weighted by Crippen LogP contribution is -2.39. The molecule has 0 fully saturated rings. The number of nitrogens with one attached hydrogen (secondary N) is 3.